The molecule has 2 heterocycles. The normalized spacial score (nSPS) is 13.3. The highest BCUT2D eigenvalue weighted by molar-refractivity contribution is 5.74. The Hall–Kier alpha value is -1.83. The van der Waals surface area contributed by atoms with Gasteiger partial charge in [-0.25, -0.2) is 4.98 Å². The van der Waals surface area contributed by atoms with Gasteiger partial charge in [0.25, 0.3) is 0 Å². The minimum atomic E-state index is -0.308. The van der Waals surface area contributed by atoms with Crippen molar-refractivity contribution in [2.45, 2.75) is 47.1 Å². The lowest BCUT2D eigenvalue weighted by molar-refractivity contribution is 0.0990. The Balaban J connectivity index is 0.000000461. The van der Waals surface area contributed by atoms with E-state index in [0.29, 0.717) is 0 Å². The molecule has 1 aliphatic rings. The predicted octanol–water partition coefficient (Wildman–Crippen LogP) is 5.43. The molecule has 0 bridgehead atoms. The van der Waals surface area contributed by atoms with Gasteiger partial charge in [0.15, 0.2) is 0 Å². The fraction of sp³-hybridized carbons (Fsp3) is 0.389. The molecular formula is C18H25NO. The van der Waals surface area contributed by atoms with Crippen LogP contribution in [0.25, 0.3) is 11.1 Å². The first kappa shape index (κ1) is 16.2. The molecule has 0 fully saturated rings. The topological polar surface area (TPSA) is 22.1 Å². The Kier molecular flexibility index (Phi) is 5.75. The molecule has 20 heavy (non-hydrogen) atoms. The summed E-state index contributed by atoms with van der Waals surface area (Å²) in [6.45, 7) is 12.1. The van der Waals surface area contributed by atoms with Crippen LogP contribution in [-0.2, 0) is 5.60 Å². The van der Waals surface area contributed by atoms with Crippen LogP contribution in [0.2, 0.25) is 0 Å². The molecule has 0 spiro atoms. The molecule has 0 radical (unpaired) electrons. The van der Waals surface area contributed by atoms with Crippen molar-refractivity contribution >= 4 is 0 Å². The quantitative estimate of drug-likeness (QED) is 0.637. The first-order chi connectivity index (χ1) is 9.68. The number of hydrogen-bond acceptors (Lipinski definition) is 2. The van der Waals surface area contributed by atoms with E-state index in [1.165, 1.54) is 11.1 Å². The minimum absolute atomic E-state index is 0.308. The van der Waals surface area contributed by atoms with Gasteiger partial charge in [0.1, 0.15) is 5.60 Å². The number of nitrogens with zero attached hydrogens (tertiary/aromatic N) is 1. The Morgan fingerprint density at radius 1 is 0.850 bits per heavy atom. The summed E-state index contributed by atoms with van der Waals surface area (Å²) in [4.78, 5) is 4.29. The summed E-state index contributed by atoms with van der Waals surface area (Å²) < 4.78 is 5.93. The van der Waals surface area contributed by atoms with Crippen LogP contribution in [0.15, 0.2) is 42.6 Å². The van der Waals surface area contributed by atoms with Crippen molar-refractivity contribution in [2.75, 3.05) is 0 Å². The monoisotopic (exact) mass is 271 g/mol. The molecule has 0 unspecified atom stereocenters. The third-order valence-electron chi connectivity index (χ3n) is 2.99. The predicted molar refractivity (Wildman–Crippen MR) is 86.0 cm³/mol. The number of hydrogen-bond donors (Lipinski definition) is 0. The fourth-order valence-corrected chi connectivity index (χ4v) is 2.22. The molecule has 2 nitrogen and oxygen atoms in total. The molecule has 2 aromatic rings. The van der Waals surface area contributed by atoms with E-state index < -0.39 is 0 Å². The SMILES string of the molecule is CC.CC.CC1(C)Oc2ncccc2-c2ccccc21. The molecule has 1 aromatic carbocycles. The van der Waals surface area contributed by atoms with Crippen molar-refractivity contribution < 1.29 is 4.74 Å². The average Bonchev–Trinajstić information content (AvgIpc) is 2.51. The van der Waals surface area contributed by atoms with Crippen molar-refractivity contribution in [2.24, 2.45) is 0 Å². The summed E-state index contributed by atoms with van der Waals surface area (Å²) >= 11 is 0. The van der Waals surface area contributed by atoms with Crippen molar-refractivity contribution in [1.29, 1.82) is 0 Å². The molecule has 1 aliphatic heterocycles. The largest absolute Gasteiger partial charge is 0.466 e. The van der Waals surface area contributed by atoms with Crippen molar-refractivity contribution in [3.63, 3.8) is 0 Å². The minimum Gasteiger partial charge on any atom is -0.466 e. The number of benzene rings is 1. The summed E-state index contributed by atoms with van der Waals surface area (Å²) in [6, 6.07) is 12.3. The van der Waals surface area contributed by atoms with Crippen LogP contribution in [0.1, 0.15) is 47.1 Å². The zero-order valence-electron chi connectivity index (χ0n) is 13.4. The Bertz CT molecular complexity index is 547. The van der Waals surface area contributed by atoms with Gasteiger partial charge in [-0.15, -0.1) is 0 Å². The summed E-state index contributed by atoms with van der Waals surface area (Å²) in [5.74, 6) is 0.728. The number of ether oxygens (including phenoxy) is 1. The molecule has 0 amide bonds. The Morgan fingerprint density at radius 3 is 2.15 bits per heavy atom. The van der Waals surface area contributed by atoms with E-state index in [1.54, 1.807) is 6.20 Å². The van der Waals surface area contributed by atoms with Crippen LogP contribution in [-0.4, -0.2) is 4.98 Å². The van der Waals surface area contributed by atoms with Crippen LogP contribution < -0.4 is 4.74 Å². The third-order valence-corrected chi connectivity index (χ3v) is 2.99. The van der Waals surface area contributed by atoms with Crippen LogP contribution in [0.3, 0.4) is 0 Å². The number of aromatic nitrogens is 1. The summed E-state index contributed by atoms with van der Waals surface area (Å²) in [5, 5.41) is 0. The van der Waals surface area contributed by atoms with Crippen LogP contribution in [0.4, 0.5) is 0 Å². The molecule has 1 aromatic heterocycles. The smallest absolute Gasteiger partial charge is 0.222 e. The molecule has 0 saturated carbocycles. The molecule has 0 N–H and O–H groups in total. The maximum Gasteiger partial charge on any atom is 0.222 e. The van der Waals surface area contributed by atoms with Crippen LogP contribution in [0.5, 0.6) is 5.88 Å². The fourth-order valence-electron chi connectivity index (χ4n) is 2.22. The third kappa shape index (κ3) is 3.01. The lowest BCUT2D eigenvalue weighted by atomic mass is 9.87. The van der Waals surface area contributed by atoms with E-state index in [9.17, 15) is 0 Å². The highest BCUT2D eigenvalue weighted by atomic mass is 16.5. The maximum atomic E-state index is 5.93. The van der Waals surface area contributed by atoms with Gasteiger partial charge in [0.05, 0.1) is 0 Å². The van der Waals surface area contributed by atoms with Gasteiger partial charge in [0.2, 0.25) is 5.88 Å². The van der Waals surface area contributed by atoms with Gasteiger partial charge < -0.3 is 4.74 Å². The van der Waals surface area contributed by atoms with Gasteiger partial charge in [-0.3, -0.25) is 0 Å². The Labute approximate surface area is 122 Å². The standard InChI is InChI=1S/C14H13NO.2C2H6/c1-14(2)12-8-4-3-6-10(12)11-7-5-9-15-13(11)16-14;2*1-2/h3-9H,1-2H3;2*1-2H3. The molecule has 0 aliphatic carbocycles. The zero-order chi connectivity index (χ0) is 15.2. The van der Waals surface area contributed by atoms with Crippen molar-refractivity contribution in [3.8, 4) is 17.0 Å². The van der Waals surface area contributed by atoms with Gasteiger partial charge in [-0.2, -0.15) is 0 Å². The second-order valence-electron chi connectivity index (χ2n) is 4.51. The van der Waals surface area contributed by atoms with E-state index in [0.717, 1.165) is 11.4 Å². The second kappa shape index (κ2) is 7.09. The van der Waals surface area contributed by atoms with Crippen molar-refractivity contribution in [1.82, 2.24) is 4.98 Å². The van der Waals surface area contributed by atoms with E-state index in [1.807, 2.05) is 39.8 Å². The number of fused-ring (bicyclic) bond motifs is 3. The molecule has 108 valence electrons. The van der Waals surface area contributed by atoms with Crippen LogP contribution >= 0.6 is 0 Å². The lowest BCUT2D eigenvalue weighted by Crippen LogP contribution is -2.29. The van der Waals surface area contributed by atoms with Gasteiger partial charge in [-0.1, -0.05) is 52.0 Å². The molecule has 2 heteroatoms. The first-order valence-corrected chi connectivity index (χ1v) is 7.42. The summed E-state index contributed by atoms with van der Waals surface area (Å²) in [6.07, 6.45) is 1.77. The molecular weight excluding hydrogens is 246 g/mol. The first-order valence-electron chi connectivity index (χ1n) is 7.42. The van der Waals surface area contributed by atoms with E-state index in [2.05, 4.69) is 43.1 Å². The lowest BCUT2D eigenvalue weighted by Gasteiger charge is -2.33. The summed E-state index contributed by atoms with van der Waals surface area (Å²) in [5.41, 5.74) is 3.22. The number of pyridine rings is 1. The average molecular weight is 271 g/mol. The van der Waals surface area contributed by atoms with Crippen molar-refractivity contribution in [3.05, 3.63) is 48.2 Å². The van der Waals surface area contributed by atoms with E-state index in [-0.39, 0.29) is 5.60 Å². The Morgan fingerprint density at radius 2 is 1.45 bits per heavy atom. The van der Waals surface area contributed by atoms with Gasteiger partial charge >= 0.3 is 0 Å². The highest BCUT2D eigenvalue weighted by Gasteiger charge is 2.32. The second-order valence-corrected chi connectivity index (χ2v) is 4.51. The number of rotatable bonds is 0. The van der Waals surface area contributed by atoms with Gasteiger partial charge in [-0.05, 0) is 31.5 Å². The molecule has 3 rings (SSSR count). The maximum absolute atomic E-state index is 5.93. The van der Waals surface area contributed by atoms with E-state index >= 15 is 0 Å². The van der Waals surface area contributed by atoms with Gasteiger partial charge in [0, 0.05) is 17.3 Å². The molecule has 0 atom stereocenters. The zero-order valence-corrected chi connectivity index (χ0v) is 13.4. The van der Waals surface area contributed by atoms with E-state index in [4.69, 9.17) is 4.74 Å². The van der Waals surface area contributed by atoms with Crippen LogP contribution in [0, 0.1) is 0 Å². The summed E-state index contributed by atoms with van der Waals surface area (Å²) in [7, 11) is 0. The molecule has 0 saturated heterocycles. The highest BCUT2D eigenvalue weighted by Crippen LogP contribution is 2.43.